The fourth-order valence-corrected chi connectivity index (χ4v) is 1.53. The third-order valence-electron chi connectivity index (χ3n) is 1.84. The summed E-state index contributed by atoms with van der Waals surface area (Å²) in [6, 6.07) is 6.25. The SMILES string of the molecule is CC(=S)NCc1cc(Br)ccc1C. The maximum atomic E-state index is 4.95. The molecule has 1 aromatic rings. The van der Waals surface area contributed by atoms with Crippen LogP contribution in [-0.4, -0.2) is 4.99 Å². The molecule has 0 aliphatic heterocycles. The molecule has 0 aliphatic rings. The van der Waals surface area contributed by atoms with Crippen molar-refractivity contribution in [2.75, 3.05) is 0 Å². The minimum atomic E-state index is 0.806. The molecule has 3 heteroatoms. The second kappa shape index (κ2) is 4.72. The van der Waals surface area contributed by atoms with Gasteiger partial charge in [0.05, 0.1) is 4.99 Å². The molecule has 13 heavy (non-hydrogen) atoms. The number of rotatable bonds is 2. The van der Waals surface area contributed by atoms with E-state index >= 15 is 0 Å². The fraction of sp³-hybridized carbons (Fsp3) is 0.300. The van der Waals surface area contributed by atoms with E-state index in [1.165, 1.54) is 11.1 Å². The van der Waals surface area contributed by atoms with E-state index in [9.17, 15) is 0 Å². The lowest BCUT2D eigenvalue weighted by Gasteiger charge is -2.07. The Hall–Kier alpha value is -0.410. The van der Waals surface area contributed by atoms with Gasteiger partial charge in [0, 0.05) is 11.0 Å². The van der Waals surface area contributed by atoms with E-state index in [1.807, 2.05) is 13.0 Å². The number of hydrogen-bond donors (Lipinski definition) is 1. The van der Waals surface area contributed by atoms with Gasteiger partial charge in [0.25, 0.3) is 0 Å². The number of benzene rings is 1. The Kier molecular flexibility index (Phi) is 3.88. The number of aryl methyl sites for hydroxylation is 1. The highest BCUT2D eigenvalue weighted by molar-refractivity contribution is 9.10. The minimum absolute atomic E-state index is 0.806. The normalized spacial score (nSPS) is 9.77. The van der Waals surface area contributed by atoms with Crippen LogP contribution in [0.5, 0.6) is 0 Å². The van der Waals surface area contributed by atoms with Gasteiger partial charge in [-0.25, -0.2) is 0 Å². The molecule has 1 rings (SSSR count). The maximum absolute atomic E-state index is 4.95. The molecule has 0 spiro atoms. The zero-order valence-corrected chi connectivity index (χ0v) is 10.1. The molecule has 1 nitrogen and oxygen atoms in total. The summed E-state index contributed by atoms with van der Waals surface area (Å²) in [5, 5.41) is 3.14. The number of hydrogen-bond acceptors (Lipinski definition) is 1. The van der Waals surface area contributed by atoms with Crippen LogP contribution in [0.4, 0.5) is 0 Å². The van der Waals surface area contributed by atoms with Crippen LogP contribution in [0.2, 0.25) is 0 Å². The summed E-state index contributed by atoms with van der Waals surface area (Å²) in [4.78, 5) is 0.833. The Morgan fingerprint density at radius 1 is 1.54 bits per heavy atom. The summed E-state index contributed by atoms with van der Waals surface area (Å²) in [5.41, 5.74) is 2.56. The number of halogens is 1. The molecule has 70 valence electrons. The molecular formula is C10H12BrNS. The standard InChI is InChI=1S/C10H12BrNS/c1-7-3-4-10(11)5-9(7)6-12-8(2)13/h3-5H,6H2,1-2H3,(H,12,13). The van der Waals surface area contributed by atoms with Gasteiger partial charge in [-0.3, -0.25) is 0 Å². The number of nitrogens with one attached hydrogen (secondary N) is 1. The van der Waals surface area contributed by atoms with Gasteiger partial charge >= 0.3 is 0 Å². The van der Waals surface area contributed by atoms with Crippen molar-refractivity contribution >= 4 is 33.1 Å². The Labute approximate surface area is 92.7 Å². The molecule has 0 bridgehead atoms. The molecule has 0 aromatic heterocycles. The van der Waals surface area contributed by atoms with Crippen LogP contribution in [0, 0.1) is 6.92 Å². The second-order valence-electron chi connectivity index (χ2n) is 2.98. The van der Waals surface area contributed by atoms with Crippen molar-refractivity contribution in [2.45, 2.75) is 20.4 Å². The van der Waals surface area contributed by atoms with Gasteiger partial charge in [-0.15, -0.1) is 0 Å². The van der Waals surface area contributed by atoms with Crippen LogP contribution in [-0.2, 0) is 6.54 Å². The smallest absolute Gasteiger partial charge is 0.0724 e. The van der Waals surface area contributed by atoms with Gasteiger partial charge < -0.3 is 5.32 Å². The Morgan fingerprint density at radius 3 is 2.85 bits per heavy atom. The summed E-state index contributed by atoms with van der Waals surface area (Å²) in [6.45, 7) is 4.80. The Balaban J connectivity index is 2.75. The quantitative estimate of drug-likeness (QED) is 0.817. The first kappa shape index (κ1) is 10.7. The van der Waals surface area contributed by atoms with Crippen molar-refractivity contribution < 1.29 is 0 Å². The number of thiocarbonyl (C=S) groups is 1. The first-order valence-electron chi connectivity index (χ1n) is 4.09. The maximum Gasteiger partial charge on any atom is 0.0724 e. The zero-order valence-electron chi connectivity index (χ0n) is 7.73. The van der Waals surface area contributed by atoms with E-state index in [0.29, 0.717) is 0 Å². The van der Waals surface area contributed by atoms with Crippen molar-refractivity contribution in [1.29, 1.82) is 0 Å². The minimum Gasteiger partial charge on any atom is -0.376 e. The summed E-state index contributed by atoms with van der Waals surface area (Å²) < 4.78 is 1.11. The van der Waals surface area contributed by atoms with Crippen molar-refractivity contribution in [2.24, 2.45) is 0 Å². The van der Waals surface area contributed by atoms with E-state index in [1.54, 1.807) is 0 Å². The molecule has 1 N–H and O–H groups in total. The lowest BCUT2D eigenvalue weighted by Crippen LogP contribution is -2.17. The van der Waals surface area contributed by atoms with Gasteiger partial charge in [-0.1, -0.05) is 34.2 Å². The van der Waals surface area contributed by atoms with Gasteiger partial charge in [0.1, 0.15) is 0 Å². The average Bonchev–Trinajstić information content (AvgIpc) is 2.06. The first-order valence-corrected chi connectivity index (χ1v) is 5.29. The van der Waals surface area contributed by atoms with E-state index < -0.39 is 0 Å². The van der Waals surface area contributed by atoms with Gasteiger partial charge in [-0.2, -0.15) is 0 Å². The van der Waals surface area contributed by atoms with E-state index in [4.69, 9.17) is 12.2 Å². The third-order valence-corrected chi connectivity index (χ3v) is 2.48. The van der Waals surface area contributed by atoms with Gasteiger partial charge in [0.2, 0.25) is 0 Å². The second-order valence-corrected chi connectivity index (χ2v) is 4.51. The Bertz CT molecular complexity index is 323. The molecule has 0 fully saturated rings. The fourth-order valence-electron chi connectivity index (χ4n) is 1.05. The van der Waals surface area contributed by atoms with Crippen LogP contribution in [0.15, 0.2) is 22.7 Å². The molecule has 0 amide bonds. The largest absolute Gasteiger partial charge is 0.376 e. The van der Waals surface area contributed by atoms with Crippen LogP contribution >= 0.6 is 28.1 Å². The van der Waals surface area contributed by atoms with Gasteiger partial charge in [0.15, 0.2) is 0 Å². The lowest BCUT2D eigenvalue weighted by molar-refractivity contribution is 0.913. The van der Waals surface area contributed by atoms with Crippen molar-refractivity contribution in [3.8, 4) is 0 Å². The van der Waals surface area contributed by atoms with E-state index in [0.717, 1.165) is 16.0 Å². The van der Waals surface area contributed by atoms with Crippen LogP contribution in [0.25, 0.3) is 0 Å². The highest BCUT2D eigenvalue weighted by Gasteiger charge is 1.98. The first-order chi connectivity index (χ1) is 6.09. The topological polar surface area (TPSA) is 12.0 Å². The molecule has 0 radical (unpaired) electrons. The molecule has 0 heterocycles. The third kappa shape index (κ3) is 3.44. The van der Waals surface area contributed by atoms with E-state index in [-0.39, 0.29) is 0 Å². The molecule has 0 atom stereocenters. The average molecular weight is 258 g/mol. The van der Waals surface area contributed by atoms with Crippen molar-refractivity contribution in [3.63, 3.8) is 0 Å². The van der Waals surface area contributed by atoms with Crippen LogP contribution in [0.3, 0.4) is 0 Å². The van der Waals surface area contributed by atoms with Gasteiger partial charge in [-0.05, 0) is 37.1 Å². The molecular weight excluding hydrogens is 246 g/mol. The molecule has 0 saturated heterocycles. The Morgan fingerprint density at radius 2 is 2.23 bits per heavy atom. The molecule has 0 aliphatic carbocycles. The summed E-state index contributed by atoms with van der Waals surface area (Å²) in [7, 11) is 0. The summed E-state index contributed by atoms with van der Waals surface area (Å²) in [6.07, 6.45) is 0. The lowest BCUT2D eigenvalue weighted by atomic mass is 10.1. The molecule has 0 unspecified atom stereocenters. The highest BCUT2D eigenvalue weighted by atomic mass is 79.9. The highest BCUT2D eigenvalue weighted by Crippen LogP contribution is 2.15. The van der Waals surface area contributed by atoms with Crippen molar-refractivity contribution in [3.05, 3.63) is 33.8 Å². The van der Waals surface area contributed by atoms with Crippen LogP contribution in [0.1, 0.15) is 18.1 Å². The molecule has 1 aromatic carbocycles. The predicted octanol–water partition coefficient (Wildman–Crippen LogP) is 3.19. The van der Waals surface area contributed by atoms with Crippen molar-refractivity contribution in [1.82, 2.24) is 5.32 Å². The summed E-state index contributed by atoms with van der Waals surface area (Å²) >= 11 is 8.39. The predicted molar refractivity (Wildman–Crippen MR) is 64.0 cm³/mol. The molecule has 0 saturated carbocycles. The zero-order chi connectivity index (χ0) is 9.84. The summed E-state index contributed by atoms with van der Waals surface area (Å²) in [5.74, 6) is 0. The monoisotopic (exact) mass is 257 g/mol. The van der Waals surface area contributed by atoms with E-state index in [2.05, 4.69) is 40.3 Å². The van der Waals surface area contributed by atoms with Crippen LogP contribution < -0.4 is 5.32 Å².